The molecule has 2 rings (SSSR count). The molecule has 1 heterocycles. The summed E-state index contributed by atoms with van der Waals surface area (Å²) in [5, 5.41) is 3.21. The van der Waals surface area contributed by atoms with Gasteiger partial charge in [-0.25, -0.2) is 15.2 Å². The fourth-order valence-electron chi connectivity index (χ4n) is 3.68. The highest BCUT2D eigenvalue weighted by Crippen LogP contribution is 2.46. The van der Waals surface area contributed by atoms with Crippen LogP contribution < -0.4 is 16.6 Å². The van der Waals surface area contributed by atoms with Gasteiger partial charge in [0, 0.05) is 6.04 Å². The lowest BCUT2D eigenvalue weighted by Gasteiger charge is -2.45. The fourth-order valence-corrected chi connectivity index (χ4v) is 3.68. The molecule has 112 valence electrons. The quantitative estimate of drug-likeness (QED) is 0.586. The van der Waals surface area contributed by atoms with Crippen LogP contribution in [0.2, 0.25) is 0 Å². The molecular weight excluding hydrogens is 257 g/mol. The highest BCUT2D eigenvalue weighted by atomic mass is 19.1. The Morgan fingerprint density at radius 3 is 2.40 bits per heavy atom. The zero-order valence-corrected chi connectivity index (χ0v) is 12.6. The molecule has 1 saturated carbocycles. The minimum absolute atomic E-state index is 0.198. The highest BCUT2D eigenvalue weighted by molar-refractivity contribution is 5.41. The summed E-state index contributed by atoms with van der Waals surface area (Å²) in [6, 6.07) is 0.198. The molecule has 1 aliphatic carbocycles. The Balaban J connectivity index is 2.17. The lowest BCUT2D eigenvalue weighted by Crippen LogP contribution is -2.40. The Kier molecular flexibility index (Phi) is 3.86. The number of nitrogen functional groups attached to an aromatic ring is 1. The third-order valence-electron chi connectivity index (χ3n) is 3.77. The summed E-state index contributed by atoms with van der Waals surface area (Å²) in [5.74, 6) is 5.23. The Labute approximate surface area is 119 Å². The van der Waals surface area contributed by atoms with Gasteiger partial charge in [0.25, 0.3) is 0 Å². The van der Waals surface area contributed by atoms with Crippen LogP contribution in [-0.4, -0.2) is 16.0 Å². The normalized spacial score (nSPS) is 21.5. The molecule has 1 aliphatic rings. The number of hydrogen-bond donors (Lipinski definition) is 3. The number of hydrazine groups is 1. The average Bonchev–Trinajstić information content (AvgIpc) is 2.28. The Morgan fingerprint density at radius 2 is 1.85 bits per heavy atom. The predicted molar refractivity (Wildman–Crippen MR) is 78.6 cm³/mol. The smallest absolute Gasteiger partial charge is 0.239 e. The van der Waals surface area contributed by atoms with E-state index in [1.165, 1.54) is 6.42 Å². The van der Waals surface area contributed by atoms with Crippen LogP contribution in [0.25, 0.3) is 0 Å². The van der Waals surface area contributed by atoms with Gasteiger partial charge in [-0.3, -0.25) is 5.43 Å². The molecule has 0 amide bonds. The minimum Gasteiger partial charge on any atom is -0.365 e. The Hall–Kier alpha value is -1.43. The first kappa shape index (κ1) is 15.0. The second-order valence-electron chi connectivity index (χ2n) is 7.29. The summed E-state index contributed by atoms with van der Waals surface area (Å²) in [6.45, 7) is 9.02. The molecule has 0 aromatic carbocycles. The van der Waals surface area contributed by atoms with Crippen molar-refractivity contribution in [3.8, 4) is 0 Å². The number of nitrogens with one attached hydrogen (secondary N) is 2. The molecule has 20 heavy (non-hydrogen) atoms. The Bertz CT molecular complexity index is 470. The largest absolute Gasteiger partial charge is 0.365 e. The number of rotatable bonds is 3. The molecule has 0 unspecified atom stereocenters. The lowest BCUT2D eigenvalue weighted by atomic mass is 9.63. The van der Waals surface area contributed by atoms with Gasteiger partial charge in [-0.2, -0.15) is 4.98 Å². The number of anilines is 2. The number of halogens is 1. The molecule has 0 bridgehead atoms. The summed E-state index contributed by atoms with van der Waals surface area (Å²) in [6.07, 6.45) is 4.28. The van der Waals surface area contributed by atoms with E-state index >= 15 is 0 Å². The molecule has 0 radical (unpaired) electrons. The fraction of sp³-hybridized carbons (Fsp3) is 0.714. The van der Waals surface area contributed by atoms with E-state index in [0.29, 0.717) is 0 Å². The number of nitrogens with two attached hydrogens (primary N) is 1. The van der Waals surface area contributed by atoms with Gasteiger partial charge in [-0.1, -0.05) is 27.7 Å². The summed E-state index contributed by atoms with van der Waals surface area (Å²) < 4.78 is 13.8. The van der Waals surface area contributed by atoms with Crippen LogP contribution >= 0.6 is 0 Å². The van der Waals surface area contributed by atoms with Crippen molar-refractivity contribution in [1.29, 1.82) is 0 Å². The van der Waals surface area contributed by atoms with Gasteiger partial charge in [-0.15, -0.1) is 0 Å². The second kappa shape index (κ2) is 5.16. The molecule has 1 fully saturated rings. The van der Waals surface area contributed by atoms with E-state index in [1.807, 2.05) is 0 Å². The van der Waals surface area contributed by atoms with E-state index in [4.69, 9.17) is 5.84 Å². The van der Waals surface area contributed by atoms with Gasteiger partial charge in [0.15, 0.2) is 11.6 Å². The van der Waals surface area contributed by atoms with Crippen LogP contribution in [0.5, 0.6) is 0 Å². The van der Waals surface area contributed by atoms with Crippen molar-refractivity contribution in [1.82, 2.24) is 9.97 Å². The van der Waals surface area contributed by atoms with E-state index in [1.54, 1.807) is 0 Å². The predicted octanol–water partition coefficient (Wildman–Crippen LogP) is 2.92. The maximum Gasteiger partial charge on any atom is 0.239 e. The summed E-state index contributed by atoms with van der Waals surface area (Å²) in [5.41, 5.74) is 2.80. The third-order valence-corrected chi connectivity index (χ3v) is 3.77. The molecule has 5 nitrogen and oxygen atoms in total. The first-order valence-corrected chi connectivity index (χ1v) is 6.96. The lowest BCUT2D eigenvalue weighted by molar-refractivity contribution is 0.105. The van der Waals surface area contributed by atoms with Crippen LogP contribution in [0.4, 0.5) is 16.2 Å². The highest BCUT2D eigenvalue weighted by Gasteiger charge is 2.38. The average molecular weight is 281 g/mol. The second-order valence-corrected chi connectivity index (χ2v) is 7.29. The van der Waals surface area contributed by atoms with Crippen molar-refractivity contribution < 1.29 is 4.39 Å². The summed E-state index contributed by atoms with van der Waals surface area (Å²) >= 11 is 0. The number of hydrogen-bond acceptors (Lipinski definition) is 5. The first-order chi connectivity index (χ1) is 9.21. The van der Waals surface area contributed by atoms with E-state index in [-0.39, 0.29) is 28.6 Å². The van der Waals surface area contributed by atoms with Crippen molar-refractivity contribution in [3.63, 3.8) is 0 Å². The SMILES string of the molecule is CC1(C)CC(Nc2nc(NN)ncc2F)CC(C)(C)C1. The van der Waals surface area contributed by atoms with Gasteiger partial charge < -0.3 is 5.32 Å². The van der Waals surface area contributed by atoms with E-state index in [0.717, 1.165) is 19.0 Å². The topological polar surface area (TPSA) is 75.9 Å². The molecule has 6 heteroatoms. The minimum atomic E-state index is -0.454. The molecule has 0 spiro atoms. The van der Waals surface area contributed by atoms with Crippen molar-refractivity contribution in [2.45, 2.75) is 53.0 Å². The molecule has 0 saturated heterocycles. The summed E-state index contributed by atoms with van der Waals surface area (Å²) in [4.78, 5) is 7.79. The van der Waals surface area contributed by atoms with Gasteiger partial charge >= 0.3 is 0 Å². The van der Waals surface area contributed by atoms with Crippen molar-refractivity contribution in [3.05, 3.63) is 12.0 Å². The monoisotopic (exact) mass is 281 g/mol. The maximum absolute atomic E-state index is 13.8. The van der Waals surface area contributed by atoms with Crippen molar-refractivity contribution >= 4 is 11.8 Å². The van der Waals surface area contributed by atoms with Gasteiger partial charge in [0.2, 0.25) is 5.95 Å². The molecular formula is C14H24FN5. The van der Waals surface area contributed by atoms with Crippen molar-refractivity contribution in [2.24, 2.45) is 16.7 Å². The maximum atomic E-state index is 13.8. The van der Waals surface area contributed by atoms with Crippen LogP contribution in [0, 0.1) is 16.6 Å². The van der Waals surface area contributed by atoms with Crippen LogP contribution in [0.1, 0.15) is 47.0 Å². The molecule has 1 aromatic heterocycles. The van der Waals surface area contributed by atoms with E-state index in [2.05, 4.69) is 48.4 Å². The first-order valence-electron chi connectivity index (χ1n) is 6.96. The number of aromatic nitrogens is 2. The zero-order valence-electron chi connectivity index (χ0n) is 12.6. The van der Waals surface area contributed by atoms with Gasteiger partial charge in [0.05, 0.1) is 6.20 Å². The number of nitrogens with zero attached hydrogens (tertiary/aromatic N) is 2. The summed E-state index contributed by atoms with van der Waals surface area (Å²) in [7, 11) is 0. The van der Waals surface area contributed by atoms with Crippen LogP contribution in [0.15, 0.2) is 6.20 Å². The molecule has 0 aliphatic heterocycles. The van der Waals surface area contributed by atoms with Crippen LogP contribution in [-0.2, 0) is 0 Å². The zero-order chi connectivity index (χ0) is 15.0. The molecule has 0 atom stereocenters. The molecule has 4 N–H and O–H groups in total. The Morgan fingerprint density at radius 1 is 1.25 bits per heavy atom. The van der Waals surface area contributed by atoms with Gasteiger partial charge in [-0.05, 0) is 30.1 Å². The molecule has 1 aromatic rings. The van der Waals surface area contributed by atoms with E-state index < -0.39 is 5.82 Å². The standard InChI is InChI=1S/C14H24FN5/c1-13(2)5-9(6-14(3,4)8-13)18-11-10(15)7-17-12(19-11)20-16/h7,9H,5-6,8,16H2,1-4H3,(H2,17,18,19,20). The van der Waals surface area contributed by atoms with Crippen LogP contribution in [0.3, 0.4) is 0 Å². The van der Waals surface area contributed by atoms with E-state index in [9.17, 15) is 4.39 Å². The van der Waals surface area contributed by atoms with Crippen molar-refractivity contribution in [2.75, 3.05) is 10.7 Å². The van der Waals surface area contributed by atoms with Gasteiger partial charge in [0.1, 0.15) is 0 Å². The third kappa shape index (κ3) is 3.56.